The van der Waals surface area contributed by atoms with Gasteiger partial charge in [-0.2, -0.15) is 4.98 Å². The number of rotatable bonds is 5. The molecule has 3 N–H and O–H groups in total. The molecule has 0 bridgehead atoms. The molecular formula is C12H18N4O2. The van der Waals surface area contributed by atoms with Gasteiger partial charge in [-0.15, -0.1) is 0 Å². The fourth-order valence-electron chi connectivity index (χ4n) is 2.07. The van der Waals surface area contributed by atoms with Crippen molar-refractivity contribution < 1.29 is 9.47 Å². The molecule has 1 aliphatic carbocycles. The van der Waals surface area contributed by atoms with Crippen LogP contribution in [-0.4, -0.2) is 29.3 Å². The van der Waals surface area contributed by atoms with Crippen molar-refractivity contribution in [2.75, 3.05) is 18.6 Å². The number of nitrogens with zero attached hydrogens (tertiary/aromatic N) is 2. The van der Waals surface area contributed by atoms with E-state index in [9.17, 15) is 0 Å². The molecule has 2 aliphatic rings. The van der Waals surface area contributed by atoms with Gasteiger partial charge in [0.2, 0.25) is 5.88 Å². The molecule has 6 heteroatoms. The van der Waals surface area contributed by atoms with Gasteiger partial charge < -0.3 is 14.9 Å². The normalized spacial score (nSPS) is 23.1. The highest BCUT2D eigenvalue weighted by Gasteiger charge is 2.27. The third-order valence-corrected chi connectivity index (χ3v) is 3.25. The smallest absolute Gasteiger partial charge is 0.218 e. The summed E-state index contributed by atoms with van der Waals surface area (Å²) >= 11 is 0. The Morgan fingerprint density at radius 2 is 2.28 bits per heavy atom. The van der Waals surface area contributed by atoms with E-state index in [4.69, 9.17) is 15.3 Å². The summed E-state index contributed by atoms with van der Waals surface area (Å²) in [7, 11) is 0. The van der Waals surface area contributed by atoms with Gasteiger partial charge >= 0.3 is 0 Å². The number of nitrogens with two attached hydrogens (primary N) is 1. The molecule has 98 valence electrons. The lowest BCUT2D eigenvalue weighted by molar-refractivity contribution is 0.0662. The summed E-state index contributed by atoms with van der Waals surface area (Å²) in [5, 5.41) is 0. The lowest BCUT2D eigenvalue weighted by Gasteiger charge is -2.12. The van der Waals surface area contributed by atoms with Crippen LogP contribution in [0.25, 0.3) is 0 Å². The molecule has 0 amide bonds. The SMILES string of the molecule is NNc1cc(OCC2CCCO2)nc(C2CC2)n1. The Morgan fingerprint density at radius 1 is 1.39 bits per heavy atom. The highest BCUT2D eigenvalue weighted by atomic mass is 16.5. The summed E-state index contributed by atoms with van der Waals surface area (Å²) in [5.41, 5.74) is 2.56. The van der Waals surface area contributed by atoms with Crippen molar-refractivity contribution in [2.24, 2.45) is 5.84 Å². The largest absolute Gasteiger partial charge is 0.475 e. The Balaban J connectivity index is 1.67. The molecule has 2 heterocycles. The zero-order valence-electron chi connectivity index (χ0n) is 10.3. The fraction of sp³-hybridized carbons (Fsp3) is 0.667. The van der Waals surface area contributed by atoms with Crippen molar-refractivity contribution in [1.82, 2.24) is 9.97 Å². The van der Waals surface area contributed by atoms with Gasteiger partial charge in [0.1, 0.15) is 18.2 Å². The minimum Gasteiger partial charge on any atom is -0.475 e. The van der Waals surface area contributed by atoms with E-state index in [0.717, 1.165) is 38.1 Å². The van der Waals surface area contributed by atoms with E-state index in [2.05, 4.69) is 15.4 Å². The average molecular weight is 250 g/mol. The Hall–Kier alpha value is -1.40. The molecule has 1 atom stereocenters. The van der Waals surface area contributed by atoms with E-state index in [-0.39, 0.29) is 6.10 Å². The lowest BCUT2D eigenvalue weighted by atomic mass is 10.2. The van der Waals surface area contributed by atoms with Gasteiger partial charge in [0, 0.05) is 18.6 Å². The van der Waals surface area contributed by atoms with Gasteiger partial charge in [-0.25, -0.2) is 10.8 Å². The molecule has 1 aliphatic heterocycles. The monoisotopic (exact) mass is 250 g/mol. The maximum Gasteiger partial charge on any atom is 0.218 e. The molecule has 6 nitrogen and oxygen atoms in total. The predicted octanol–water partition coefficient (Wildman–Crippen LogP) is 1.20. The first-order chi connectivity index (χ1) is 8.85. The molecule has 3 rings (SSSR count). The van der Waals surface area contributed by atoms with Crippen LogP contribution < -0.4 is 16.0 Å². The van der Waals surface area contributed by atoms with Gasteiger partial charge in [-0.3, -0.25) is 0 Å². The van der Waals surface area contributed by atoms with E-state index in [1.54, 1.807) is 6.07 Å². The Kier molecular flexibility index (Phi) is 3.29. The standard InChI is InChI=1S/C12H18N4O2/c13-16-10-6-11(15-12(14-10)8-3-4-8)18-7-9-2-1-5-17-9/h6,8-9H,1-5,7,13H2,(H,14,15,16). The van der Waals surface area contributed by atoms with E-state index in [0.29, 0.717) is 24.2 Å². The molecule has 1 saturated heterocycles. The van der Waals surface area contributed by atoms with Gasteiger partial charge in [0.25, 0.3) is 0 Å². The third-order valence-electron chi connectivity index (χ3n) is 3.25. The Labute approximate surface area is 106 Å². The van der Waals surface area contributed by atoms with Crippen LogP contribution in [0.4, 0.5) is 5.82 Å². The van der Waals surface area contributed by atoms with Crippen molar-refractivity contribution in [2.45, 2.75) is 37.7 Å². The molecular weight excluding hydrogens is 232 g/mol. The molecule has 1 aromatic heterocycles. The quantitative estimate of drug-likeness (QED) is 0.603. The van der Waals surface area contributed by atoms with Crippen LogP contribution in [0.15, 0.2) is 6.07 Å². The van der Waals surface area contributed by atoms with Gasteiger partial charge in [-0.05, 0) is 25.7 Å². The molecule has 2 fully saturated rings. The van der Waals surface area contributed by atoms with Crippen molar-refractivity contribution in [3.8, 4) is 5.88 Å². The second kappa shape index (κ2) is 5.07. The zero-order chi connectivity index (χ0) is 12.4. The summed E-state index contributed by atoms with van der Waals surface area (Å²) in [6.45, 7) is 1.38. The van der Waals surface area contributed by atoms with Crippen LogP contribution in [0.2, 0.25) is 0 Å². The van der Waals surface area contributed by atoms with Crippen LogP contribution in [0.1, 0.15) is 37.4 Å². The number of anilines is 1. The highest BCUT2D eigenvalue weighted by Crippen LogP contribution is 2.39. The van der Waals surface area contributed by atoms with Crippen LogP contribution in [0.3, 0.4) is 0 Å². The number of hydrogen-bond donors (Lipinski definition) is 2. The number of nitrogen functional groups attached to an aromatic ring is 1. The number of nitrogens with one attached hydrogen (secondary N) is 1. The highest BCUT2D eigenvalue weighted by molar-refractivity contribution is 5.38. The summed E-state index contributed by atoms with van der Waals surface area (Å²) in [6, 6.07) is 1.72. The molecule has 0 aromatic carbocycles. The molecule has 18 heavy (non-hydrogen) atoms. The summed E-state index contributed by atoms with van der Waals surface area (Å²) < 4.78 is 11.2. The minimum atomic E-state index is 0.193. The number of hydrogen-bond acceptors (Lipinski definition) is 6. The minimum absolute atomic E-state index is 0.193. The maximum absolute atomic E-state index is 5.68. The van der Waals surface area contributed by atoms with Crippen molar-refractivity contribution >= 4 is 5.82 Å². The molecule has 1 saturated carbocycles. The first kappa shape index (κ1) is 11.7. The van der Waals surface area contributed by atoms with Gasteiger partial charge in [0.15, 0.2) is 0 Å². The molecule has 0 radical (unpaired) electrons. The van der Waals surface area contributed by atoms with Crippen molar-refractivity contribution in [3.05, 3.63) is 11.9 Å². The first-order valence-corrected chi connectivity index (χ1v) is 6.45. The second-order valence-electron chi connectivity index (χ2n) is 4.81. The second-order valence-corrected chi connectivity index (χ2v) is 4.81. The molecule has 1 aromatic rings. The number of ether oxygens (including phenoxy) is 2. The summed E-state index contributed by atoms with van der Waals surface area (Å²) in [5.74, 6) is 7.89. The fourth-order valence-corrected chi connectivity index (χ4v) is 2.07. The molecule has 0 spiro atoms. The van der Waals surface area contributed by atoms with Crippen molar-refractivity contribution in [3.63, 3.8) is 0 Å². The summed E-state index contributed by atoms with van der Waals surface area (Å²) in [4.78, 5) is 8.76. The van der Waals surface area contributed by atoms with E-state index < -0.39 is 0 Å². The van der Waals surface area contributed by atoms with Crippen LogP contribution in [-0.2, 0) is 4.74 Å². The maximum atomic E-state index is 5.68. The Bertz CT molecular complexity index is 417. The van der Waals surface area contributed by atoms with E-state index in [1.165, 1.54) is 0 Å². The first-order valence-electron chi connectivity index (χ1n) is 6.45. The number of hydrazine groups is 1. The number of aromatic nitrogens is 2. The van der Waals surface area contributed by atoms with Gasteiger partial charge in [-0.1, -0.05) is 0 Å². The van der Waals surface area contributed by atoms with Crippen LogP contribution >= 0.6 is 0 Å². The molecule has 1 unspecified atom stereocenters. The van der Waals surface area contributed by atoms with Crippen molar-refractivity contribution in [1.29, 1.82) is 0 Å². The average Bonchev–Trinajstić information content (AvgIpc) is 3.13. The van der Waals surface area contributed by atoms with Crippen LogP contribution in [0.5, 0.6) is 5.88 Å². The van der Waals surface area contributed by atoms with E-state index >= 15 is 0 Å². The summed E-state index contributed by atoms with van der Waals surface area (Å²) in [6.07, 6.45) is 4.67. The zero-order valence-corrected chi connectivity index (χ0v) is 10.3. The third kappa shape index (κ3) is 2.70. The van der Waals surface area contributed by atoms with Gasteiger partial charge in [0.05, 0.1) is 6.10 Å². The van der Waals surface area contributed by atoms with Crippen LogP contribution in [0, 0.1) is 0 Å². The topological polar surface area (TPSA) is 82.3 Å². The Morgan fingerprint density at radius 3 is 2.94 bits per heavy atom. The predicted molar refractivity (Wildman–Crippen MR) is 66.3 cm³/mol. The van der Waals surface area contributed by atoms with E-state index in [1.807, 2.05) is 0 Å². The lowest BCUT2D eigenvalue weighted by Crippen LogP contribution is -2.17.